The van der Waals surface area contributed by atoms with Gasteiger partial charge < -0.3 is 4.90 Å². The predicted octanol–water partition coefficient (Wildman–Crippen LogP) is 1.92. The van der Waals surface area contributed by atoms with Crippen molar-refractivity contribution in [1.29, 1.82) is 0 Å². The molecule has 4 rings (SSSR count). The van der Waals surface area contributed by atoms with Crippen molar-refractivity contribution < 1.29 is 14.4 Å². The van der Waals surface area contributed by atoms with Crippen LogP contribution in [-0.2, 0) is 20.8 Å². The summed E-state index contributed by atoms with van der Waals surface area (Å²) in [5, 5.41) is 0. The number of allylic oxidation sites excluding steroid dienone is 2. The number of para-hydroxylation sites is 1. The fourth-order valence-corrected chi connectivity index (χ4v) is 4.11. The molecule has 1 aliphatic carbocycles. The molecular weight excluding hydrogens is 304 g/mol. The summed E-state index contributed by atoms with van der Waals surface area (Å²) in [5.74, 6) is -1.13. The Labute approximate surface area is 140 Å². The number of fused-ring (bicyclic) bond motifs is 2. The van der Waals surface area contributed by atoms with Crippen LogP contribution in [0.5, 0.6) is 0 Å². The number of benzene rings is 1. The highest BCUT2D eigenvalue weighted by Gasteiger charge is 2.50. The van der Waals surface area contributed by atoms with Crippen LogP contribution in [0, 0.1) is 11.8 Å². The van der Waals surface area contributed by atoms with Gasteiger partial charge in [0.15, 0.2) is 0 Å². The summed E-state index contributed by atoms with van der Waals surface area (Å²) in [6.07, 6.45) is 5.92. The number of hydrogen-bond donors (Lipinski definition) is 0. The molecule has 5 nitrogen and oxygen atoms in total. The monoisotopic (exact) mass is 324 g/mol. The fraction of sp³-hybridized carbons (Fsp3) is 0.421. The van der Waals surface area contributed by atoms with Gasteiger partial charge in [-0.05, 0) is 37.8 Å². The fourth-order valence-electron chi connectivity index (χ4n) is 4.11. The van der Waals surface area contributed by atoms with Crippen molar-refractivity contribution in [1.82, 2.24) is 4.90 Å². The molecule has 0 aromatic heterocycles. The van der Waals surface area contributed by atoms with Gasteiger partial charge in [0.25, 0.3) is 0 Å². The molecule has 1 aromatic carbocycles. The first-order valence-corrected chi connectivity index (χ1v) is 8.51. The van der Waals surface area contributed by atoms with E-state index in [9.17, 15) is 14.4 Å². The van der Waals surface area contributed by atoms with E-state index in [0.717, 1.165) is 17.7 Å². The lowest BCUT2D eigenvalue weighted by molar-refractivity contribution is -0.146. The van der Waals surface area contributed by atoms with Crippen molar-refractivity contribution >= 4 is 23.4 Å². The van der Waals surface area contributed by atoms with E-state index in [2.05, 4.69) is 0 Å². The van der Waals surface area contributed by atoms with Crippen LogP contribution >= 0.6 is 0 Å². The van der Waals surface area contributed by atoms with Gasteiger partial charge in [-0.2, -0.15) is 0 Å². The smallest absolute Gasteiger partial charge is 0.250 e. The molecule has 0 spiro atoms. The normalized spacial score (nSPS) is 26.5. The van der Waals surface area contributed by atoms with Crippen LogP contribution in [0.15, 0.2) is 36.4 Å². The van der Waals surface area contributed by atoms with E-state index in [1.54, 1.807) is 11.8 Å². The third-order valence-electron chi connectivity index (χ3n) is 5.44. The van der Waals surface area contributed by atoms with Crippen LogP contribution in [0.2, 0.25) is 0 Å². The number of imide groups is 1. The third-order valence-corrected chi connectivity index (χ3v) is 5.44. The number of hydrogen-bond acceptors (Lipinski definition) is 3. The standard InChI is InChI=1S/C19H20N2O3/c1-12(17(22)20-11-10-13-6-2-5-9-16(13)20)21-18(23)14-7-3-4-8-15(14)19(21)24/h2-6,9,12,14-15H,7-8,10-11H2,1H3/t12-,14-,15-/m1/s1. The summed E-state index contributed by atoms with van der Waals surface area (Å²) >= 11 is 0. The molecule has 3 amide bonds. The van der Waals surface area contributed by atoms with E-state index in [1.165, 1.54) is 4.90 Å². The van der Waals surface area contributed by atoms with Gasteiger partial charge in [-0.15, -0.1) is 0 Å². The van der Waals surface area contributed by atoms with E-state index in [-0.39, 0.29) is 29.6 Å². The average Bonchev–Trinajstić information content (AvgIpc) is 3.14. The highest BCUT2D eigenvalue weighted by Crippen LogP contribution is 2.37. The zero-order valence-electron chi connectivity index (χ0n) is 13.6. The van der Waals surface area contributed by atoms with Crippen molar-refractivity contribution in [2.75, 3.05) is 11.4 Å². The molecule has 124 valence electrons. The second-order valence-corrected chi connectivity index (χ2v) is 6.75. The predicted molar refractivity (Wildman–Crippen MR) is 89.2 cm³/mol. The van der Waals surface area contributed by atoms with Crippen LogP contribution in [0.25, 0.3) is 0 Å². The molecule has 2 aliphatic heterocycles. The minimum atomic E-state index is -0.748. The molecule has 0 N–H and O–H groups in total. The van der Waals surface area contributed by atoms with Crippen LogP contribution in [0.1, 0.15) is 25.3 Å². The maximum atomic E-state index is 13.0. The topological polar surface area (TPSA) is 57.7 Å². The summed E-state index contributed by atoms with van der Waals surface area (Å²) in [6, 6.07) is 7.05. The SMILES string of the molecule is C[C@H](C(=O)N1CCc2ccccc21)N1C(=O)[C@@H]2CC=CC[C@H]2C1=O. The van der Waals surface area contributed by atoms with Gasteiger partial charge in [0, 0.05) is 12.2 Å². The number of carbonyl (C=O) groups excluding carboxylic acids is 3. The maximum absolute atomic E-state index is 13.0. The minimum absolute atomic E-state index is 0.173. The van der Waals surface area contributed by atoms with E-state index in [1.807, 2.05) is 36.4 Å². The summed E-state index contributed by atoms with van der Waals surface area (Å²) in [5.41, 5.74) is 2.03. The van der Waals surface area contributed by atoms with Crippen LogP contribution < -0.4 is 4.90 Å². The first-order valence-electron chi connectivity index (χ1n) is 8.51. The largest absolute Gasteiger partial charge is 0.310 e. The number of anilines is 1. The van der Waals surface area contributed by atoms with Crippen molar-refractivity contribution in [2.24, 2.45) is 11.8 Å². The second-order valence-electron chi connectivity index (χ2n) is 6.75. The van der Waals surface area contributed by atoms with Crippen molar-refractivity contribution in [2.45, 2.75) is 32.2 Å². The van der Waals surface area contributed by atoms with Crippen LogP contribution in [0.4, 0.5) is 5.69 Å². The highest BCUT2D eigenvalue weighted by molar-refractivity contribution is 6.10. The molecule has 0 bridgehead atoms. The molecule has 1 fully saturated rings. The number of amides is 3. The number of carbonyl (C=O) groups is 3. The number of likely N-dealkylation sites (tertiary alicyclic amines) is 1. The summed E-state index contributed by atoms with van der Waals surface area (Å²) in [4.78, 5) is 41.2. The van der Waals surface area contributed by atoms with Gasteiger partial charge in [-0.3, -0.25) is 19.3 Å². The molecule has 0 saturated carbocycles. The van der Waals surface area contributed by atoms with Gasteiger partial charge in [0.2, 0.25) is 17.7 Å². The van der Waals surface area contributed by atoms with Gasteiger partial charge in [0.1, 0.15) is 6.04 Å². The summed E-state index contributed by atoms with van der Waals surface area (Å²) < 4.78 is 0. The minimum Gasteiger partial charge on any atom is -0.310 e. The van der Waals surface area contributed by atoms with E-state index in [0.29, 0.717) is 19.4 Å². The molecule has 1 saturated heterocycles. The van der Waals surface area contributed by atoms with Crippen molar-refractivity contribution in [3.63, 3.8) is 0 Å². The van der Waals surface area contributed by atoms with Crippen LogP contribution in [-0.4, -0.2) is 35.2 Å². The lowest BCUT2D eigenvalue weighted by Gasteiger charge is -2.27. The quantitative estimate of drug-likeness (QED) is 0.617. The summed E-state index contributed by atoms with van der Waals surface area (Å²) in [6.45, 7) is 2.27. The summed E-state index contributed by atoms with van der Waals surface area (Å²) in [7, 11) is 0. The number of nitrogens with zero attached hydrogens (tertiary/aromatic N) is 2. The zero-order chi connectivity index (χ0) is 16.8. The first-order chi connectivity index (χ1) is 11.6. The lowest BCUT2D eigenvalue weighted by Crippen LogP contribution is -2.49. The Morgan fingerprint density at radius 3 is 2.38 bits per heavy atom. The Morgan fingerprint density at radius 2 is 1.71 bits per heavy atom. The molecular formula is C19H20N2O3. The Bertz CT molecular complexity index is 729. The van der Waals surface area contributed by atoms with Crippen molar-refractivity contribution in [3.8, 4) is 0 Å². The Hall–Kier alpha value is -2.43. The van der Waals surface area contributed by atoms with Gasteiger partial charge in [0.05, 0.1) is 11.8 Å². The third kappa shape index (κ3) is 2.11. The molecule has 5 heteroatoms. The van der Waals surface area contributed by atoms with Crippen molar-refractivity contribution in [3.05, 3.63) is 42.0 Å². The van der Waals surface area contributed by atoms with Gasteiger partial charge in [-0.25, -0.2) is 0 Å². The molecule has 0 radical (unpaired) electrons. The highest BCUT2D eigenvalue weighted by atomic mass is 16.2. The van der Waals surface area contributed by atoms with Gasteiger partial charge in [-0.1, -0.05) is 30.4 Å². The lowest BCUT2D eigenvalue weighted by atomic mass is 9.85. The molecule has 2 heterocycles. The molecule has 1 aromatic rings. The maximum Gasteiger partial charge on any atom is 0.250 e. The molecule has 0 unspecified atom stereocenters. The van der Waals surface area contributed by atoms with E-state index < -0.39 is 6.04 Å². The molecule has 3 atom stereocenters. The zero-order valence-corrected chi connectivity index (χ0v) is 13.6. The molecule has 24 heavy (non-hydrogen) atoms. The van der Waals surface area contributed by atoms with E-state index in [4.69, 9.17) is 0 Å². The molecule has 3 aliphatic rings. The van der Waals surface area contributed by atoms with E-state index >= 15 is 0 Å². The Morgan fingerprint density at radius 1 is 1.08 bits per heavy atom. The van der Waals surface area contributed by atoms with Crippen LogP contribution in [0.3, 0.4) is 0 Å². The Balaban J connectivity index is 1.58. The average molecular weight is 324 g/mol. The second kappa shape index (κ2) is 5.58. The Kier molecular flexibility index (Phi) is 3.52. The first kappa shape index (κ1) is 15.1. The van der Waals surface area contributed by atoms with Gasteiger partial charge >= 0.3 is 0 Å². The number of rotatable bonds is 2.